The minimum atomic E-state index is 1.47. The molecule has 0 saturated carbocycles. The standard InChI is InChI=1S/C4H5NO/c1-3-5-6-4-2/h2-3H,1H3. The van der Waals surface area contributed by atoms with Gasteiger partial charge < -0.3 is 4.84 Å². The summed E-state index contributed by atoms with van der Waals surface area (Å²) in [5.41, 5.74) is 0. The molecular formula is C4H5NO. The molecule has 0 fully saturated rings. The van der Waals surface area contributed by atoms with Crippen molar-refractivity contribution in [3.05, 3.63) is 0 Å². The van der Waals surface area contributed by atoms with Crippen molar-refractivity contribution < 1.29 is 4.84 Å². The van der Waals surface area contributed by atoms with Gasteiger partial charge in [0.15, 0.2) is 0 Å². The third-order valence-corrected chi connectivity index (χ3v) is 0.211. The molecule has 0 heterocycles. The molecule has 0 aromatic heterocycles. The van der Waals surface area contributed by atoms with Gasteiger partial charge >= 0.3 is 0 Å². The SMILES string of the molecule is C#CON=CC. The van der Waals surface area contributed by atoms with Crippen molar-refractivity contribution in [3.63, 3.8) is 0 Å². The number of rotatable bonds is 1. The number of nitrogens with zero attached hydrogens (tertiary/aromatic N) is 1. The summed E-state index contributed by atoms with van der Waals surface area (Å²) in [4.78, 5) is 4.08. The Bertz CT molecular complexity index is 80.0. The molecule has 6 heavy (non-hydrogen) atoms. The van der Waals surface area contributed by atoms with Crippen LogP contribution in [0.5, 0.6) is 0 Å². The summed E-state index contributed by atoms with van der Waals surface area (Å²) in [5, 5.41) is 3.23. The van der Waals surface area contributed by atoms with Crippen molar-refractivity contribution in [2.45, 2.75) is 6.92 Å². The molecule has 0 rings (SSSR count). The molecule has 0 aliphatic heterocycles. The zero-order chi connectivity index (χ0) is 4.83. The number of terminal acetylenes is 1. The van der Waals surface area contributed by atoms with Gasteiger partial charge in [-0.25, -0.2) is 0 Å². The predicted octanol–water partition coefficient (Wildman–Crippen LogP) is 0.599. The molecule has 0 atom stereocenters. The van der Waals surface area contributed by atoms with Gasteiger partial charge in [-0.3, -0.25) is 0 Å². The summed E-state index contributed by atoms with van der Waals surface area (Å²) in [7, 11) is 0. The van der Waals surface area contributed by atoms with E-state index in [2.05, 4.69) is 16.4 Å². The van der Waals surface area contributed by atoms with Crippen LogP contribution in [0.25, 0.3) is 0 Å². The van der Waals surface area contributed by atoms with Crippen LogP contribution in [-0.2, 0) is 4.84 Å². The molecule has 0 aromatic rings. The van der Waals surface area contributed by atoms with Crippen LogP contribution in [0.4, 0.5) is 0 Å². The number of hydrogen-bond acceptors (Lipinski definition) is 2. The van der Waals surface area contributed by atoms with Crippen LogP contribution in [0.1, 0.15) is 6.92 Å². The second kappa shape index (κ2) is 4.03. The number of hydrogen-bond donors (Lipinski definition) is 0. The van der Waals surface area contributed by atoms with Crippen molar-refractivity contribution in [2.24, 2.45) is 5.16 Å². The van der Waals surface area contributed by atoms with Crippen LogP contribution >= 0.6 is 0 Å². The lowest BCUT2D eigenvalue weighted by Crippen LogP contribution is -1.62. The molecule has 2 heteroatoms. The lowest BCUT2D eigenvalue weighted by Gasteiger charge is -1.72. The molecule has 0 N–H and O–H groups in total. The van der Waals surface area contributed by atoms with Crippen LogP contribution < -0.4 is 0 Å². The molecule has 0 bridgehead atoms. The molecule has 0 spiro atoms. The molecule has 0 amide bonds. The smallest absolute Gasteiger partial charge is 0.145 e. The van der Waals surface area contributed by atoms with E-state index < -0.39 is 0 Å². The average molecular weight is 83.1 g/mol. The van der Waals surface area contributed by atoms with Gasteiger partial charge in [-0.2, -0.15) is 0 Å². The monoisotopic (exact) mass is 83.0 g/mol. The Labute approximate surface area is 36.8 Å². The highest BCUT2D eigenvalue weighted by molar-refractivity contribution is 5.52. The lowest BCUT2D eigenvalue weighted by molar-refractivity contribution is 0.301. The van der Waals surface area contributed by atoms with Crippen molar-refractivity contribution in [2.75, 3.05) is 0 Å². The molecule has 0 unspecified atom stereocenters. The molecule has 32 valence electrons. The van der Waals surface area contributed by atoms with Crippen LogP contribution in [0.3, 0.4) is 0 Å². The van der Waals surface area contributed by atoms with Gasteiger partial charge in [-0.1, -0.05) is 11.6 Å². The first-order chi connectivity index (χ1) is 2.91. The van der Waals surface area contributed by atoms with Crippen molar-refractivity contribution in [1.29, 1.82) is 0 Å². The molecule has 0 saturated heterocycles. The highest BCUT2D eigenvalue weighted by Gasteiger charge is 1.53. The summed E-state index contributed by atoms with van der Waals surface area (Å²) >= 11 is 0. The fraction of sp³-hybridized carbons (Fsp3) is 0.250. The van der Waals surface area contributed by atoms with E-state index in [1.54, 1.807) is 6.92 Å². The van der Waals surface area contributed by atoms with Crippen LogP contribution in [0.15, 0.2) is 5.16 Å². The lowest BCUT2D eigenvalue weighted by atomic mass is 10.9. The Kier molecular flexibility index (Phi) is 3.38. The van der Waals surface area contributed by atoms with Crippen molar-refractivity contribution >= 4 is 6.21 Å². The highest BCUT2D eigenvalue weighted by atomic mass is 16.6. The van der Waals surface area contributed by atoms with E-state index in [1.807, 2.05) is 6.11 Å². The second-order valence-electron chi connectivity index (χ2n) is 0.573. The maximum absolute atomic E-state index is 4.63. The maximum atomic E-state index is 4.63. The molecule has 0 aliphatic rings. The Morgan fingerprint density at radius 3 is 2.83 bits per heavy atom. The number of oxime groups is 1. The minimum absolute atomic E-state index is 1.47. The second-order valence-corrected chi connectivity index (χ2v) is 0.573. The topological polar surface area (TPSA) is 21.6 Å². The van der Waals surface area contributed by atoms with Crippen LogP contribution in [0.2, 0.25) is 0 Å². The van der Waals surface area contributed by atoms with Gasteiger partial charge in [0.05, 0.1) is 0 Å². The first kappa shape index (κ1) is 5.03. The summed E-state index contributed by atoms with van der Waals surface area (Å²) in [6.45, 7) is 1.72. The first-order valence-electron chi connectivity index (χ1n) is 1.51. The van der Waals surface area contributed by atoms with Crippen LogP contribution in [-0.4, -0.2) is 6.21 Å². The largest absolute Gasteiger partial charge is 0.304 e. The van der Waals surface area contributed by atoms with Gasteiger partial charge in [0.25, 0.3) is 0 Å². The maximum Gasteiger partial charge on any atom is 0.145 e. The average Bonchev–Trinajstić information content (AvgIpc) is 1.61. The Balaban J connectivity index is 2.92. The van der Waals surface area contributed by atoms with Gasteiger partial charge in [0.1, 0.15) is 6.11 Å². The fourth-order valence-corrected chi connectivity index (χ4v) is 0.0831. The van der Waals surface area contributed by atoms with E-state index in [-0.39, 0.29) is 0 Å². The molecule has 0 radical (unpaired) electrons. The normalized spacial score (nSPS) is 8.00. The summed E-state index contributed by atoms with van der Waals surface area (Å²) in [5.74, 6) is 0. The zero-order valence-corrected chi connectivity index (χ0v) is 3.51. The molecule has 2 nitrogen and oxygen atoms in total. The molecular weight excluding hydrogens is 78.0 g/mol. The van der Waals surface area contributed by atoms with Crippen molar-refractivity contribution in [3.8, 4) is 12.5 Å². The van der Waals surface area contributed by atoms with Gasteiger partial charge in [-0.05, 0) is 6.92 Å². The third kappa shape index (κ3) is 3.03. The third-order valence-electron chi connectivity index (χ3n) is 0.211. The Hall–Kier alpha value is -0.970. The van der Waals surface area contributed by atoms with E-state index >= 15 is 0 Å². The summed E-state index contributed by atoms with van der Waals surface area (Å²) in [6.07, 6.45) is 7.97. The summed E-state index contributed by atoms with van der Waals surface area (Å²) < 4.78 is 0. The zero-order valence-electron chi connectivity index (χ0n) is 3.51. The predicted molar refractivity (Wildman–Crippen MR) is 24.1 cm³/mol. The van der Waals surface area contributed by atoms with Gasteiger partial charge in [0.2, 0.25) is 0 Å². The van der Waals surface area contributed by atoms with E-state index in [4.69, 9.17) is 0 Å². The van der Waals surface area contributed by atoms with Crippen molar-refractivity contribution in [1.82, 2.24) is 0 Å². The molecule has 0 aliphatic carbocycles. The summed E-state index contributed by atoms with van der Waals surface area (Å²) in [6, 6.07) is 0. The van der Waals surface area contributed by atoms with E-state index in [0.717, 1.165) is 0 Å². The van der Waals surface area contributed by atoms with Gasteiger partial charge in [-0.15, -0.1) is 0 Å². The molecule has 0 aromatic carbocycles. The highest BCUT2D eigenvalue weighted by Crippen LogP contribution is 1.62. The first-order valence-corrected chi connectivity index (χ1v) is 1.51. The Morgan fingerprint density at radius 1 is 2.00 bits per heavy atom. The minimum Gasteiger partial charge on any atom is -0.304 e. The Morgan fingerprint density at radius 2 is 2.67 bits per heavy atom. The van der Waals surface area contributed by atoms with E-state index in [1.165, 1.54) is 6.21 Å². The van der Waals surface area contributed by atoms with Gasteiger partial charge in [0, 0.05) is 6.21 Å². The fourth-order valence-electron chi connectivity index (χ4n) is 0.0831. The van der Waals surface area contributed by atoms with Crippen LogP contribution in [0, 0.1) is 12.5 Å². The van der Waals surface area contributed by atoms with E-state index in [0.29, 0.717) is 0 Å². The quantitative estimate of drug-likeness (QED) is 0.258. The van der Waals surface area contributed by atoms with E-state index in [9.17, 15) is 0 Å².